The molecule has 1 fully saturated rings. The fraction of sp³-hybridized carbons (Fsp3) is 0.647. The summed E-state index contributed by atoms with van der Waals surface area (Å²) in [6.07, 6.45) is 6.72. The Balaban J connectivity index is 2.07. The van der Waals surface area contributed by atoms with Crippen LogP contribution in [0.1, 0.15) is 49.3 Å². The zero-order valence-electron chi connectivity index (χ0n) is 12.1. The summed E-state index contributed by atoms with van der Waals surface area (Å²) in [6.45, 7) is 7.91. The van der Waals surface area contributed by atoms with Crippen LogP contribution in [0.25, 0.3) is 0 Å². The SMILES string of the molecule is CCCNC(Cc1c(C)cccc1C)C1CCC1. The van der Waals surface area contributed by atoms with E-state index in [9.17, 15) is 0 Å². The molecule has 1 heteroatoms. The Morgan fingerprint density at radius 3 is 2.39 bits per heavy atom. The van der Waals surface area contributed by atoms with Crippen molar-refractivity contribution < 1.29 is 0 Å². The van der Waals surface area contributed by atoms with Crippen molar-refractivity contribution in [3.63, 3.8) is 0 Å². The Morgan fingerprint density at radius 1 is 1.22 bits per heavy atom. The molecule has 1 aliphatic carbocycles. The third-order valence-corrected chi connectivity index (χ3v) is 4.44. The van der Waals surface area contributed by atoms with E-state index in [1.54, 1.807) is 5.56 Å². The minimum Gasteiger partial charge on any atom is -0.313 e. The van der Waals surface area contributed by atoms with E-state index in [1.807, 2.05) is 0 Å². The monoisotopic (exact) mass is 245 g/mol. The molecule has 1 aromatic carbocycles. The fourth-order valence-electron chi connectivity index (χ4n) is 2.97. The molecular weight excluding hydrogens is 218 g/mol. The molecule has 0 saturated heterocycles. The van der Waals surface area contributed by atoms with E-state index < -0.39 is 0 Å². The van der Waals surface area contributed by atoms with Crippen molar-refractivity contribution in [3.8, 4) is 0 Å². The van der Waals surface area contributed by atoms with Gasteiger partial charge in [0.05, 0.1) is 0 Å². The van der Waals surface area contributed by atoms with Gasteiger partial charge in [0.1, 0.15) is 0 Å². The molecule has 1 unspecified atom stereocenters. The van der Waals surface area contributed by atoms with Crippen molar-refractivity contribution in [3.05, 3.63) is 34.9 Å². The third-order valence-electron chi connectivity index (χ3n) is 4.44. The first kappa shape index (κ1) is 13.6. The van der Waals surface area contributed by atoms with Crippen LogP contribution in [0.4, 0.5) is 0 Å². The summed E-state index contributed by atoms with van der Waals surface area (Å²) in [7, 11) is 0. The molecule has 1 atom stereocenters. The van der Waals surface area contributed by atoms with Crippen LogP contribution >= 0.6 is 0 Å². The highest BCUT2D eigenvalue weighted by atomic mass is 14.9. The van der Waals surface area contributed by atoms with E-state index >= 15 is 0 Å². The summed E-state index contributed by atoms with van der Waals surface area (Å²) in [4.78, 5) is 0. The van der Waals surface area contributed by atoms with Gasteiger partial charge in [0.25, 0.3) is 0 Å². The van der Waals surface area contributed by atoms with Gasteiger partial charge in [0.15, 0.2) is 0 Å². The van der Waals surface area contributed by atoms with Crippen LogP contribution in [-0.2, 0) is 6.42 Å². The van der Waals surface area contributed by atoms with Gasteiger partial charge < -0.3 is 5.32 Å². The van der Waals surface area contributed by atoms with Crippen molar-refractivity contribution in [1.29, 1.82) is 0 Å². The molecule has 0 aliphatic heterocycles. The van der Waals surface area contributed by atoms with Crippen LogP contribution in [0.2, 0.25) is 0 Å². The first-order valence-corrected chi connectivity index (χ1v) is 7.50. The van der Waals surface area contributed by atoms with Crippen LogP contribution in [0.5, 0.6) is 0 Å². The Hall–Kier alpha value is -0.820. The molecule has 1 N–H and O–H groups in total. The smallest absolute Gasteiger partial charge is 0.0136 e. The largest absolute Gasteiger partial charge is 0.313 e. The maximum absolute atomic E-state index is 3.77. The van der Waals surface area contributed by atoms with Gasteiger partial charge in [0, 0.05) is 6.04 Å². The number of hydrogen-bond acceptors (Lipinski definition) is 1. The van der Waals surface area contributed by atoms with Crippen molar-refractivity contribution >= 4 is 0 Å². The second-order valence-corrected chi connectivity index (χ2v) is 5.83. The minimum absolute atomic E-state index is 0.693. The highest BCUT2D eigenvalue weighted by Crippen LogP contribution is 2.32. The van der Waals surface area contributed by atoms with Crippen molar-refractivity contribution in [2.45, 2.75) is 58.9 Å². The van der Waals surface area contributed by atoms with Gasteiger partial charge >= 0.3 is 0 Å². The highest BCUT2D eigenvalue weighted by Gasteiger charge is 2.27. The molecule has 100 valence electrons. The van der Waals surface area contributed by atoms with Gasteiger partial charge in [-0.1, -0.05) is 31.5 Å². The maximum atomic E-state index is 3.77. The second kappa shape index (κ2) is 6.38. The Morgan fingerprint density at radius 2 is 1.89 bits per heavy atom. The standard InChI is InChI=1S/C17H27N/c1-4-11-18-17(15-9-6-10-15)12-16-13(2)7-5-8-14(16)3/h5,7-8,15,17-18H,4,6,9-12H2,1-3H3. The lowest BCUT2D eigenvalue weighted by molar-refractivity contribution is 0.227. The molecule has 0 radical (unpaired) electrons. The van der Waals surface area contributed by atoms with E-state index in [-0.39, 0.29) is 0 Å². The molecule has 1 saturated carbocycles. The topological polar surface area (TPSA) is 12.0 Å². The minimum atomic E-state index is 0.693. The van der Waals surface area contributed by atoms with Gasteiger partial charge in [-0.3, -0.25) is 0 Å². The predicted octanol–water partition coefficient (Wildman–Crippen LogP) is 4.01. The van der Waals surface area contributed by atoms with E-state index in [1.165, 1.54) is 43.2 Å². The molecule has 0 heterocycles. The molecular formula is C17H27N. The van der Waals surface area contributed by atoms with Gasteiger partial charge in [-0.25, -0.2) is 0 Å². The maximum Gasteiger partial charge on any atom is 0.0136 e. The molecule has 0 spiro atoms. The van der Waals surface area contributed by atoms with E-state index in [0.717, 1.165) is 12.5 Å². The average Bonchev–Trinajstić information content (AvgIpc) is 2.28. The Labute approximate surface area is 112 Å². The van der Waals surface area contributed by atoms with Crippen LogP contribution in [0.15, 0.2) is 18.2 Å². The summed E-state index contributed by atoms with van der Waals surface area (Å²) >= 11 is 0. The molecule has 18 heavy (non-hydrogen) atoms. The summed E-state index contributed by atoms with van der Waals surface area (Å²) in [6, 6.07) is 7.37. The lowest BCUT2D eigenvalue weighted by Crippen LogP contribution is -2.41. The predicted molar refractivity (Wildman–Crippen MR) is 79.0 cm³/mol. The second-order valence-electron chi connectivity index (χ2n) is 5.83. The van der Waals surface area contributed by atoms with E-state index in [0.29, 0.717) is 6.04 Å². The molecule has 2 rings (SSSR count). The fourth-order valence-corrected chi connectivity index (χ4v) is 2.97. The van der Waals surface area contributed by atoms with E-state index in [4.69, 9.17) is 0 Å². The number of benzene rings is 1. The van der Waals surface area contributed by atoms with Gasteiger partial charge in [0.2, 0.25) is 0 Å². The molecule has 1 aliphatic rings. The van der Waals surface area contributed by atoms with E-state index in [2.05, 4.69) is 44.3 Å². The average molecular weight is 245 g/mol. The van der Waals surface area contributed by atoms with Gasteiger partial charge in [-0.2, -0.15) is 0 Å². The first-order chi connectivity index (χ1) is 8.72. The molecule has 0 amide bonds. The molecule has 1 aromatic rings. The quantitative estimate of drug-likeness (QED) is 0.798. The number of rotatable bonds is 6. The Kier molecular flexibility index (Phi) is 4.82. The lowest BCUT2D eigenvalue weighted by Gasteiger charge is -2.35. The van der Waals surface area contributed by atoms with Crippen LogP contribution in [0.3, 0.4) is 0 Å². The normalized spacial score (nSPS) is 17.5. The van der Waals surface area contributed by atoms with Crippen molar-refractivity contribution in [2.24, 2.45) is 5.92 Å². The molecule has 0 aromatic heterocycles. The van der Waals surface area contributed by atoms with Crippen LogP contribution in [0, 0.1) is 19.8 Å². The summed E-state index contributed by atoms with van der Waals surface area (Å²) in [5.74, 6) is 0.913. The number of hydrogen-bond donors (Lipinski definition) is 1. The number of aryl methyl sites for hydroxylation is 2. The first-order valence-electron chi connectivity index (χ1n) is 7.50. The third kappa shape index (κ3) is 3.14. The van der Waals surface area contributed by atoms with Gasteiger partial charge in [-0.05, 0) is 68.7 Å². The van der Waals surface area contributed by atoms with Crippen LogP contribution in [-0.4, -0.2) is 12.6 Å². The van der Waals surface area contributed by atoms with Crippen LogP contribution < -0.4 is 5.32 Å². The highest BCUT2D eigenvalue weighted by molar-refractivity contribution is 5.34. The summed E-state index contributed by atoms with van der Waals surface area (Å²) in [5.41, 5.74) is 4.48. The van der Waals surface area contributed by atoms with Crippen molar-refractivity contribution in [2.75, 3.05) is 6.54 Å². The zero-order valence-corrected chi connectivity index (χ0v) is 12.1. The molecule has 0 bridgehead atoms. The Bertz CT molecular complexity index is 359. The summed E-state index contributed by atoms with van der Waals surface area (Å²) < 4.78 is 0. The zero-order chi connectivity index (χ0) is 13.0. The lowest BCUT2D eigenvalue weighted by atomic mass is 9.77. The molecule has 1 nitrogen and oxygen atoms in total. The van der Waals surface area contributed by atoms with Gasteiger partial charge in [-0.15, -0.1) is 0 Å². The van der Waals surface area contributed by atoms with Crippen molar-refractivity contribution in [1.82, 2.24) is 5.32 Å². The number of nitrogens with one attached hydrogen (secondary N) is 1. The summed E-state index contributed by atoms with van der Waals surface area (Å²) in [5, 5.41) is 3.77.